The van der Waals surface area contributed by atoms with Crippen LogP contribution in [-0.4, -0.2) is 22.7 Å². The zero-order valence-corrected chi connectivity index (χ0v) is 17.6. The molecule has 0 N–H and O–H groups in total. The summed E-state index contributed by atoms with van der Waals surface area (Å²) in [7, 11) is 0. The van der Waals surface area contributed by atoms with Gasteiger partial charge in [-0.05, 0) is 43.4 Å². The molecule has 5 nitrogen and oxygen atoms in total. The number of hydrogen-bond donors (Lipinski definition) is 0. The number of carbonyl (C=O) groups is 3. The Labute approximate surface area is 177 Å². The molecule has 4 rings (SSSR count). The fourth-order valence-electron chi connectivity index (χ4n) is 4.28. The Morgan fingerprint density at radius 2 is 1.70 bits per heavy atom. The van der Waals surface area contributed by atoms with Crippen molar-refractivity contribution in [3.8, 4) is 0 Å². The first-order chi connectivity index (χ1) is 14.3. The number of rotatable bonds is 5. The van der Waals surface area contributed by atoms with E-state index in [1.54, 1.807) is 0 Å². The average molecular weight is 405 g/mol. The van der Waals surface area contributed by atoms with E-state index in [-0.39, 0.29) is 24.3 Å². The van der Waals surface area contributed by atoms with Crippen molar-refractivity contribution in [2.24, 2.45) is 17.3 Å². The van der Waals surface area contributed by atoms with Gasteiger partial charge in [-0.1, -0.05) is 61.5 Å². The highest BCUT2D eigenvalue weighted by atomic mass is 16.5. The lowest BCUT2D eigenvalue weighted by molar-refractivity contribution is -0.166. The van der Waals surface area contributed by atoms with E-state index in [0.29, 0.717) is 12.8 Å². The minimum absolute atomic E-state index is 0.181. The molecule has 0 radical (unpaired) electrons. The summed E-state index contributed by atoms with van der Waals surface area (Å²) in [5, 5.41) is 0. The van der Waals surface area contributed by atoms with E-state index in [1.807, 2.05) is 75.4 Å². The summed E-state index contributed by atoms with van der Waals surface area (Å²) in [6, 6.07) is 17.1. The Hall–Kier alpha value is -2.95. The van der Waals surface area contributed by atoms with Crippen molar-refractivity contribution in [3.05, 3.63) is 71.3 Å². The number of benzene rings is 2. The van der Waals surface area contributed by atoms with Crippen LogP contribution in [0.3, 0.4) is 0 Å². The Balaban J connectivity index is 1.69. The highest BCUT2D eigenvalue weighted by Gasteiger charge is 2.55. The number of nitrogens with zero attached hydrogens (tertiary/aromatic N) is 1. The van der Waals surface area contributed by atoms with E-state index < -0.39 is 23.4 Å². The van der Waals surface area contributed by atoms with Crippen molar-refractivity contribution in [3.63, 3.8) is 0 Å². The maximum Gasteiger partial charge on any atom is 0.312 e. The van der Waals surface area contributed by atoms with E-state index in [1.165, 1.54) is 4.90 Å². The quantitative estimate of drug-likeness (QED) is 0.556. The fourth-order valence-corrected chi connectivity index (χ4v) is 4.28. The molecule has 2 aromatic rings. The number of hydrogen-bond acceptors (Lipinski definition) is 4. The molecule has 0 saturated carbocycles. The predicted octanol–water partition coefficient (Wildman–Crippen LogP) is 4.06. The van der Waals surface area contributed by atoms with E-state index in [0.717, 1.165) is 16.7 Å². The van der Waals surface area contributed by atoms with Crippen LogP contribution < -0.4 is 0 Å². The highest BCUT2D eigenvalue weighted by molar-refractivity contribution is 6.06. The molecule has 1 heterocycles. The molecule has 0 aromatic heterocycles. The standard InChI is InChI=1S/C25H27NO4/c1-4-25(2,3)24(29)30-21-18-13-9-8-12-17(18)14-19-20(21)23(28)26(22(19)27)15-16-10-6-5-7-11-16/h5-13,19-21H,4,14-15H2,1-3H3. The number of fused-ring (bicyclic) bond motifs is 2. The molecule has 1 saturated heterocycles. The molecule has 156 valence electrons. The van der Waals surface area contributed by atoms with Gasteiger partial charge in [-0.3, -0.25) is 19.3 Å². The van der Waals surface area contributed by atoms with Crippen LogP contribution in [0, 0.1) is 17.3 Å². The van der Waals surface area contributed by atoms with Crippen LogP contribution in [0.1, 0.15) is 50.0 Å². The second-order valence-corrected chi connectivity index (χ2v) is 8.85. The predicted molar refractivity (Wildman–Crippen MR) is 112 cm³/mol. The van der Waals surface area contributed by atoms with Crippen LogP contribution in [0.15, 0.2) is 54.6 Å². The molecule has 1 aliphatic heterocycles. The van der Waals surface area contributed by atoms with E-state index >= 15 is 0 Å². The molecule has 2 aromatic carbocycles. The number of ether oxygens (including phenoxy) is 1. The average Bonchev–Trinajstić information content (AvgIpc) is 2.98. The minimum atomic E-state index is -0.740. The molecule has 1 fully saturated rings. The molecule has 3 atom stereocenters. The van der Waals surface area contributed by atoms with Crippen LogP contribution in [0.5, 0.6) is 0 Å². The van der Waals surface area contributed by atoms with Gasteiger partial charge >= 0.3 is 5.97 Å². The molecule has 0 spiro atoms. The molecule has 5 heteroatoms. The molecule has 30 heavy (non-hydrogen) atoms. The molecule has 1 aliphatic carbocycles. The molecular weight excluding hydrogens is 378 g/mol. The first-order valence-electron chi connectivity index (χ1n) is 10.5. The van der Waals surface area contributed by atoms with Gasteiger partial charge in [0.05, 0.1) is 23.8 Å². The van der Waals surface area contributed by atoms with Gasteiger partial charge in [-0.2, -0.15) is 0 Å². The minimum Gasteiger partial charge on any atom is -0.456 e. The molecule has 2 aliphatic rings. The van der Waals surface area contributed by atoms with Crippen molar-refractivity contribution < 1.29 is 19.1 Å². The van der Waals surface area contributed by atoms with Gasteiger partial charge in [0.25, 0.3) is 0 Å². The van der Waals surface area contributed by atoms with Gasteiger partial charge in [-0.25, -0.2) is 0 Å². The Bertz CT molecular complexity index is 982. The van der Waals surface area contributed by atoms with Gasteiger partial charge in [0.2, 0.25) is 11.8 Å². The van der Waals surface area contributed by atoms with Crippen LogP contribution in [0.4, 0.5) is 0 Å². The third kappa shape index (κ3) is 3.42. The summed E-state index contributed by atoms with van der Waals surface area (Å²) in [5.41, 5.74) is 2.04. The third-order valence-electron chi connectivity index (χ3n) is 6.55. The zero-order valence-electron chi connectivity index (χ0n) is 17.6. The zero-order chi connectivity index (χ0) is 21.5. The van der Waals surface area contributed by atoms with Gasteiger partial charge < -0.3 is 4.74 Å². The summed E-state index contributed by atoms with van der Waals surface area (Å²) in [6.07, 6.45) is 0.374. The van der Waals surface area contributed by atoms with Gasteiger partial charge in [0.1, 0.15) is 6.10 Å². The largest absolute Gasteiger partial charge is 0.456 e. The van der Waals surface area contributed by atoms with Crippen molar-refractivity contribution in [2.45, 2.75) is 46.3 Å². The SMILES string of the molecule is CCC(C)(C)C(=O)OC1c2ccccc2CC2C(=O)N(Cc3ccccc3)C(=O)C21. The van der Waals surface area contributed by atoms with Crippen molar-refractivity contribution in [1.29, 1.82) is 0 Å². The van der Waals surface area contributed by atoms with Crippen LogP contribution in [-0.2, 0) is 32.1 Å². The normalized spacial score (nSPS) is 23.2. The number of amides is 2. The summed E-state index contributed by atoms with van der Waals surface area (Å²) >= 11 is 0. The fraction of sp³-hybridized carbons (Fsp3) is 0.400. The summed E-state index contributed by atoms with van der Waals surface area (Å²) in [4.78, 5) is 40.8. The summed E-state index contributed by atoms with van der Waals surface area (Å²) < 4.78 is 5.97. The molecule has 0 bridgehead atoms. The Morgan fingerprint density at radius 3 is 2.40 bits per heavy atom. The number of imide groups is 1. The van der Waals surface area contributed by atoms with Crippen LogP contribution >= 0.6 is 0 Å². The van der Waals surface area contributed by atoms with Gasteiger partial charge in [0, 0.05) is 0 Å². The van der Waals surface area contributed by atoms with Crippen LogP contribution in [0.25, 0.3) is 0 Å². The summed E-state index contributed by atoms with van der Waals surface area (Å²) in [5.74, 6) is -1.95. The molecule has 3 unspecified atom stereocenters. The van der Waals surface area contributed by atoms with E-state index in [4.69, 9.17) is 4.74 Å². The molecular formula is C25H27NO4. The smallest absolute Gasteiger partial charge is 0.312 e. The lowest BCUT2D eigenvalue weighted by Gasteiger charge is -2.34. The number of likely N-dealkylation sites (tertiary alicyclic amines) is 1. The van der Waals surface area contributed by atoms with Crippen molar-refractivity contribution in [1.82, 2.24) is 4.90 Å². The first-order valence-corrected chi connectivity index (χ1v) is 10.5. The maximum absolute atomic E-state index is 13.4. The number of esters is 1. The van der Waals surface area contributed by atoms with Crippen LogP contribution in [0.2, 0.25) is 0 Å². The van der Waals surface area contributed by atoms with E-state index in [2.05, 4.69) is 0 Å². The lowest BCUT2D eigenvalue weighted by Crippen LogP contribution is -2.37. The topological polar surface area (TPSA) is 63.7 Å². The van der Waals surface area contributed by atoms with Crippen molar-refractivity contribution in [2.75, 3.05) is 0 Å². The van der Waals surface area contributed by atoms with Gasteiger partial charge in [0.15, 0.2) is 0 Å². The maximum atomic E-state index is 13.4. The van der Waals surface area contributed by atoms with Gasteiger partial charge in [-0.15, -0.1) is 0 Å². The molecule has 2 amide bonds. The first kappa shape index (κ1) is 20.3. The number of carbonyl (C=O) groups excluding carboxylic acids is 3. The lowest BCUT2D eigenvalue weighted by atomic mass is 9.75. The van der Waals surface area contributed by atoms with Crippen molar-refractivity contribution >= 4 is 17.8 Å². The second-order valence-electron chi connectivity index (χ2n) is 8.85. The van der Waals surface area contributed by atoms with E-state index in [9.17, 15) is 14.4 Å². The monoisotopic (exact) mass is 405 g/mol. The highest BCUT2D eigenvalue weighted by Crippen LogP contribution is 2.46. The Morgan fingerprint density at radius 1 is 1.03 bits per heavy atom. The second kappa shape index (κ2) is 7.71. The summed E-state index contributed by atoms with van der Waals surface area (Å²) in [6.45, 7) is 5.85. The third-order valence-corrected chi connectivity index (χ3v) is 6.55. The Kier molecular flexibility index (Phi) is 5.22.